The SMILES string of the molecule is O=[N+]([O-])c1nn(-c2cccc(Cl)c2)n(O)c1=Nc1cccc(Cl)c1. The van der Waals surface area contributed by atoms with Crippen LogP contribution in [0.15, 0.2) is 53.5 Å². The van der Waals surface area contributed by atoms with Gasteiger partial charge >= 0.3 is 5.82 Å². The predicted octanol–water partition coefficient (Wildman–Crippen LogP) is 3.36. The van der Waals surface area contributed by atoms with Gasteiger partial charge in [-0.25, -0.2) is 4.99 Å². The van der Waals surface area contributed by atoms with E-state index in [0.29, 0.717) is 26.3 Å². The summed E-state index contributed by atoms with van der Waals surface area (Å²) in [7, 11) is 0. The van der Waals surface area contributed by atoms with Gasteiger partial charge in [-0.1, -0.05) is 40.2 Å². The van der Waals surface area contributed by atoms with Gasteiger partial charge in [-0.05, 0) is 46.1 Å². The minimum Gasteiger partial charge on any atom is -0.409 e. The minimum atomic E-state index is -0.739. The molecular formula is C14H9Cl2N5O3. The quantitative estimate of drug-likeness (QED) is 0.437. The molecule has 1 heterocycles. The zero-order chi connectivity index (χ0) is 17.3. The number of nitro groups is 1. The molecule has 2 aromatic carbocycles. The van der Waals surface area contributed by atoms with Gasteiger partial charge in [0.15, 0.2) is 0 Å². The second-order valence-electron chi connectivity index (χ2n) is 4.65. The zero-order valence-electron chi connectivity index (χ0n) is 11.9. The van der Waals surface area contributed by atoms with Crippen LogP contribution in [0.1, 0.15) is 0 Å². The number of aromatic nitrogens is 3. The smallest absolute Gasteiger partial charge is 0.409 e. The van der Waals surface area contributed by atoms with E-state index in [-0.39, 0.29) is 5.49 Å². The molecule has 0 aliphatic heterocycles. The van der Waals surface area contributed by atoms with E-state index in [1.54, 1.807) is 36.4 Å². The Morgan fingerprint density at radius 3 is 2.42 bits per heavy atom. The monoisotopic (exact) mass is 365 g/mol. The lowest BCUT2D eigenvalue weighted by Gasteiger charge is -2.00. The summed E-state index contributed by atoms with van der Waals surface area (Å²) in [4.78, 5) is 16.0. The first-order valence-electron chi connectivity index (χ1n) is 6.58. The fourth-order valence-electron chi connectivity index (χ4n) is 2.00. The van der Waals surface area contributed by atoms with Crippen LogP contribution in [0.4, 0.5) is 11.5 Å². The topological polar surface area (TPSA) is 98.5 Å². The second-order valence-corrected chi connectivity index (χ2v) is 5.53. The second kappa shape index (κ2) is 6.34. The first kappa shape index (κ1) is 16.0. The molecule has 3 rings (SSSR count). The molecule has 0 fully saturated rings. The van der Waals surface area contributed by atoms with E-state index in [0.717, 1.165) is 4.80 Å². The highest BCUT2D eigenvalue weighted by Gasteiger charge is 2.24. The van der Waals surface area contributed by atoms with Gasteiger partial charge in [0.2, 0.25) is 0 Å². The zero-order valence-corrected chi connectivity index (χ0v) is 13.4. The predicted molar refractivity (Wildman–Crippen MR) is 87.1 cm³/mol. The van der Waals surface area contributed by atoms with E-state index in [2.05, 4.69) is 10.1 Å². The van der Waals surface area contributed by atoms with Crippen LogP contribution in [0.3, 0.4) is 0 Å². The molecule has 0 bridgehead atoms. The van der Waals surface area contributed by atoms with E-state index in [1.165, 1.54) is 12.1 Å². The van der Waals surface area contributed by atoms with Crippen molar-refractivity contribution in [3.63, 3.8) is 0 Å². The summed E-state index contributed by atoms with van der Waals surface area (Å²) >= 11 is 11.8. The average molecular weight is 366 g/mol. The first-order chi connectivity index (χ1) is 11.5. The molecule has 1 aromatic heterocycles. The van der Waals surface area contributed by atoms with Crippen molar-refractivity contribution in [1.29, 1.82) is 0 Å². The maximum atomic E-state index is 11.2. The maximum absolute atomic E-state index is 11.2. The van der Waals surface area contributed by atoms with E-state index in [4.69, 9.17) is 23.2 Å². The fraction of sp³-hybridized carbons (Fsp3) is 0. The highest BCUT2D eigenvalue weighted by atomic mass is 35.5. The molecule has 0 aliphatic carbocycles. The van der Waals surface area contributed by atoms with Gasteiger partial charge < -0.3 is 15.3 Å². The molecule has 0 radical (unpaired) electrons. The molecule has 3 aromatic rings. The van der Waals surface area contributed by atoms with Crippen molar-refractivity contribution < 1.29 is 10.1 Å². The van der Waals surface area contributed by atoms with E-state index >= 15 is 0 Å². The van der Waals surface area contributed by atoms with Gasteiger partial charge in [0.25, 0.3) is 5.49 Å². The van der Waals surface area contributed by atoms with Gasteiger partial charge in [0.1, 0.15) is 5.69 Å². The Morgan fingerprint density at radius 1 is 1.12 bits per heavy atom. The molecule has 24 heavy (non-hydrogen) atoms. The molecule has 10 heteroatoms. The Hall–Kier alpha value is -2.84. The van der Waals surface area contributed by atoms with E-state index < -0.39 is 10.7 Å². The Kier molecular flexibility index (Phi) is 4.24. The third-order valence-corrected chi connectivity index (χ3v) is 3.48. The molecule has 0 unspecified atom stereocenters. The van der Waals surface area contributed by atoms with Crippen LogP contribution in [-0.2, 0) is 0 Å². The van der Waals surface area contributed by atoms with Crippen LogP contribution in [0, 0.1) is 10.1 Å². The molecule has 0 saturated carbocycles. The Bertz CT molecular complexity index is 996. The van der Waals surface area contributed by atoms with Crippen LogP contribution < -0.4 is 5.49 Å². The molecular weight excluding hydrogens is 357 g/mol. The standard InChI is InChI=1S/C14H9Cl2N5O3/c15-9-3-1-5-11(7-9)17-13-14(21(23)24)18-19(20(13)22)12-6-2-4-10(16)8-12/h1-8,22H. The molecule has 0 amide bonds. The largest absolute Gasteiger partial charge is 0.438 e. The number of nitrogens with zero attached hydrogens (tertiary/aromatic N) is 5. The summed E-state index contributed by atoms with van der Waals surface area (Å²) in [5.74, 6) is -0.613. The van der Waals surface area contributed by atoms with Crippen molar-refractivity contribution in [3.8, 4) is 5.69 Å². The lowest BCUT2D eigenvalue weighted by atomic mass is 10.3. The first-order valence-corrected chi connectivity index (χ1v) is 7.33. The minimum absolute atomic E-state index is 0.332. The number of hydrogen-bond donors (Lipinski definition) is 1. The van der Waals surface area contributed by atoms with Crippen LogP contribution in [0.25, 0.3) is 5.69 Å². The van der Waals surface area contributed by atoms with Crippen molar-refractivity contribution >= 4 is 34.7 Å². The summed E-state index contributed by atoms with van der Waals surface area (Å²) in [6.45, 7) is 0. The third-order valence-electron chi connectivity index (χ3n) is 3.01. The Labute approximate surface area is 144 Å². The third kappa shape index (κ3) is 3.10. The fourth-order valence-corrected chi connectivity index (χ4v) is 2.37. The van der Waals surface area contributed by atoms with E-state index in [1.807, 2.05) is 0 Å². The molecule has 0 spiro atoms. The van der Waals surface area contributed by atoms with Gasteiger partial charge in [0.05, 0.1) is 10.8 Å². The molecule has 0 saturated heterocycles. The number of benzene rings is 2. The number of rotatable bonds is 3. The lowest BCUT2D eigenvalue weighted by molar-refractivity contribution is -0.391. The highest BCUT2D eigenvalue weighted by molar-refractivity contribution is 6.31. The summed E-state index contributed by atoms with van der Waals surface area (Å²) in [5.41, 5.74) is 0.321. The van der Waals surface area contributed by atoms with Crippen molar-refractivity contribution in [2.45, 2.75) is 0 Å². The molecule has 0 aliphatic rings. The summed E-state index contributed by atoms with van der Waals surface area (Å²) in [6, 6.07) is 12.7. The number of hydrogen-bond acceptors (Lipinski definition) is 5. The van der Waals surface area contributed by atoms with Crippen molar-refractivity contribution in [2.75, 3.05) is 0 Å². The van der Waals surface area contributed by atoms with E-state index in [9.17, 15) is 15.3 Å². The molecule has 122 valence electrons. The van der Waals surface area contributed by atoms with Crippen LogP contribution in [0.5, 0.6) is 0 Å². The van der Waals surface area contributed by atoms with Crippen molar-refractivity contribution in [1.82, 2.24) is 14.7 Å². The lowest BCUT2D eigenvalue weighted by Crippen LogP contribution is -2.22. The number of halogens is 2. The normalized spacial score (nSPS) is 11.7. The average Bonchev–Trinajstić information content (AvgIpc) is 2.85. The van der Waals surface area contributed by atoms with Crippen molar-refractivity contribution in [3.05, 3.63) is 74.2 Å². The molecule has 0 atom stereocenters. The van der Waals surface area contributed by atoms with Crippen LogP contribution >= 0.6 is 23.2 Å². The summed E-state index contributed by atoms with van der Waals surface area (Å²) in [6.07, 6.45) is 0. The van der Waals surface area contributed by atoms with Crippen molar-refractivity contribution in [2.24, 2.45) is 4.99 Å². The van der Waals surface area contributed by atoms with Gasteiger partial charge in [-0.3, -0.25) is 0 Å². The summed E-state index contributed by atoms with van der Waals surface area (Å²) < 4.78 is 0. The Balaban J connectivity index is 2.24. The van der Waals surface area contributed by atoms with Gasteiger partial charge in [0, 0.05) is 10.0 Å². The van der Waals surface area contributed by atoms with Gasteiger partial charge in [-0.15, -0.1) is 0 Å². The highest BCUT2D eigenvalue weighted by Crippen LogP contribution is 2.18. The summed E-state index contributed by atoms with van der Waals surface area (Å²) in [5, 5.41) is 26.1. The maximum Gasteiger partial charge on any atom is 0.438 e. The van der Waals surface area contributed by atoms with Crippen LogP contribution in [-0.4, -0.2) is 24.9 Å². The Morgan fingerprint density at radius 2 is 1.79 bits per heavy atom. The molecule has 1 N–H and O–H groups in total. The van der Waals surface area contributed by atoms with Crippen LogP contribution in [0.2, 0.25) is 10.0 Å². The van der Waals surface area contributed by atoms with Gasteiger partial charge in [-0.2, -0.15) is 0 Å². The molecule has 8 nitrogen and oxygen atoms in total.